The highest BCUT2D eigenvalue weighted by Crippen LogP contribution is 2.45. The molecule has 6 rings (SSSR count). The van der Waals surface area contributed by atoms with Gasteiger partial charge in [0.25, 0.3) is 0 Å². The average Bonchev–Trinajstić information content (AvgIpc) is 3.07. The summed E-state index contributed by atoms with van der Waals surface area (Å²) in [5.74, 6) is 0. The average molecular weight is 545 g/mol. The van der Waals surface area contributed by atoms with Gasteiger partial charge < -0.3 is 4.90 Å². The number of hydrogen-bond acceptors (Lipinski definition) is 2. The highest BCUT2D eigenvalue weighted by Gasteiger charge is 2.36. The fourth-order valence-corrected chi connectivity index (χ4v) is 5.90. The van der Waals surface area contributed by atoms with E-state index >= 15 is 0 Å². The summed E-state index contributed by atoms with van der Waals surface area (Å²) in [5.41, 5.74) is 7.48. The fraction of sp³-hybridized carbons (Fsp3) is 0.100. The number of rotatable bonds is 11. The first-order valence-electron chi connectivity index (χ1n) is 14.7. The molecule has 0 radical (unpaired) electrons. The van der Waals surface area contributed by atoms with Crippen molar-refractivity contribution in [1.29, 1.82) is 0 Å². The van der Waals surface area contributed by atoms with Gasteiger partial charge >= 0.3 is 0 Å². The van der Waals surface area contributed by atoms with Gasteiger partial charge in [-0.2, -0.15) is 0 Å². The third-order valence-electron chi connectivity index (χ3n) is 7.78. The van der Waals surface area contributed by atoms with Crippen LogP contribution in [0.2, 0.25) is 0 Å². The summed E-state index contributed by atoms with van der Waals surface area (Å²) in [4.78, 5) is 5.17. The van der Waals surface area contributed by atoms with Crippen LogP contribution < -0.4 is 4.90 Å². The van der Waals surface area contributed by atoms with Crippen LogP contribution in [0.25, 0.3) is 0 Å². The lowest BCUT2D eigenvalue weighted by Crippen LogP contribution is -2.39. The Kier molecular flexibility index (Phi) is 8.84. The topological polar surface area (TPSA) is 6.48 Å². The first-order valence-corrected chi connectivity index (χ1v) is 14.7. The highest BCUT2D eigenvalue weighted by atomic mass is 15.3. The van der Waals surface area contributed by atoms with Crippen LogP contribution >= 0.6 is 0 Å². The van der Waals surface area contributed by atoms with Gasteiger partial charge in [-0.1, -0.05) is 158 Å². The molecule has 42 heavy (non-hydrogen) atoms. The van der Waals surface area contributed by atoms with Gasteiger partial charge in [-0.05, 0) is 46.5 Å². The molecule has 206 valence electrons. The van der Waals surface area contributed by atoms with E-state index in [4.69, 9.17) is 0 Å². The summed E-state index contributed by atoms with van der Waals surface area (Å²) in [7, 11) is 0. The Morgan fingerprint density at radius 2 is 0.643 bits per heavy atom. The van der Waals surface area contributed by atoms with Crippen LogP contribution in [0.1, 0.15) is 34.3 Å². The van der Waals surface area contributed by atoms with Crippen LogP contribution in [0.15, 0.2) is 182 Å². The van der Waals surface area contributed by atoms with Crippen LogP contribution in [0.3, 0.4) is 0 Å². The summed E-state index contributed by atoms with van der Waals surface area (Å²) in [6, 6.07) is 65.4. The second-order valence-electron chi connectivity index (χ2n) is 10.6. The standard InChI is InChI=1S/C40H36N2/c1-7-19-33(20-8-1)31-41(32-34-21-9-2-10-22-34)39(35-23-11-3-12-24-35)40(36-25-13-4-14-26-36)42(37-27-15-5-16-28-37)38-29-17-6-18-30-38/h1-30,39-40H,31-32H2/t39-,40-/m1/s1. The number of hydrogen-bond donors (Lipinski definition) is 0. The maximum absolute atomic E-state index is 2.65. The molecule has 0 amide bonds. The Bertz CT molecular complexity index is 1530. The van der Waals surface area contributed by atoms with E-state index in [1.165, 1.54) is 22.3 Å². The molecule has 0 aromatic heterocycles. The van der Waals surface area contributed by atoms with Crippen LogP contribution in [0.4, 0.5) is 11.4 Å². The first-order chi connectivity index (χ1) is 20.9. The van der Waals surface area contributed by atoms with E-state index in [0.29, 0.717) is 0 Å². The zero-order chi connectivity index (χ0) is 28.4. The third-order valence-corrected chi connectivity index (χ3v) is 7.78. The van der Waals surface area contributed by atoms with Crippen molar-refractivity contribution in [3.05, 3.63) is 204 Å². The second-order valence-corrected chi connectivity index (χ2v) is 10.6. The molecule has 2 atom stereocenters. The molecule has 0 saturated carbocycles. The molecule has 0 fully saturated rings. The summed E-state index contributed by atoms with van der Waals surface area (Å²) < 4.78 is 0. The van der Waals surface area contributed by atoms with Crippen molar-refractivity contribution >= 4 is 11.4 Å². The molecule has 2 heteroatoms. The molecule has 0 spiro atoms. The van der Waals surface area contributed by atoms with Gasteiger partial charge in [0.15, 0.2) is 0 Å². The molecular formula is C40H36N2. The highest BCUT2D eigenvalue weighted by molar-refractivity contribution is 5.65. The molecule has 0 aliphatic carbocycles. The largest absolute Gasteiger partial charge is 0.332 e. The summed E-state index contributed by atoms with van der Waals surface area (Å²) in [6.07, 6.45) is 0. The van der Waals surface area contributed by atoms with Crippen LogP contribution in [0.5, 0.6) is 0 Å². The zero-order valence-corrected chi connectivity index (χ0v) is 23.8. The van der Waals surface area contributed by atoms with E-state index < -0.39 is 0 Å². The minimum Gasteiger partial charge on any atom is -0.332 e. The SMILES string of the molecule is c1ccc(CN(Cc2ccccc2)[C@H](c2ccccc2)[C@@H](c2ccccc2)N(c2ccccc2)c2ccccc2)cc1. The van der Waals surface area contributed by atoms with Crippen molar-refractivity contribution < 1.29 is 0 Å². The summed E-state index contributed by atoms with van der Waals surface area (Å²) in [6.45, 7) is 1.63. The molecule has 0 heterocycles. The zero-order valence-electron chi connectivity index (χ0n) is 23.8. The van der Waals surface area contributed by atoms with Crippen molar-refractivity contribution in [2.24, 2.45) is 0 Å². The predicted molar refractivity (Wildman–Crippen MR) is 176 cm³/mol. The van der Waals surface area contributed by atoms with Crippen molar-refractivity contribution in [1.82, 2.24) is 4.90 Å². The van der Waals surface area contributed by atoms with Crippen molar-refractivity contribution in [2.45, 2.75) is 25.2 Å². The number of nitrogens with zero attached hydrogens (tertiary/aromatic N) is 2. The summed E-state index contributed by atoms with van der Waals surface area (Å²) in [5, 5.41) is 0. The molecule has 0 aliphatic heterocycles. The van der Waals surface area contributed by atoms with Crippen LogP contribution in [-0.4, -0.2) is 4.90 Å². The summed E-state index contributed by atoms with van der Waals surface area (Å²) >= 11 is 0. The van der Waals surface area contributed by atoms with Crippen molar-refractivity contribution in [3.63, 3.8) is 0 Å². The molecule has 0 N–H and O–H groups in total. The second kappa shape index (κ2) is 13.6. The van der Waals surface area contributed by atoms with E-state index in [2.05, 4.69) is 192 Å². The maximum atomic E-state index is 2.65. The molecule has 0 saturated heterocycles. The van der Waals surface area contributed by atoms with E-state index in [-0.39, 0.29) is 12.1 Å². The third kappa shape index (κ3) is 6.52. The van der Waals surface area contributed by atoms with Gasteiger partial charge in [0, 0.05) is 24.5 Å². The molecule has 0 aliphatic rings. The molecule has 0 unspecified atom stereocenters. The van der Waals surface area contributed by atoms with Gasteiger partial charge in [0.05, 0.1) is 12.1 Å². The minimum absolute atomic E-state index is 0.0224. The number of anilines is 2. The normalized spacial score (nSPS) is 12.5. The van der Waals surface area contributed by atoms with Gasteiger partial charge in [0.2, 0.25) is 0 Å². The molecule has 0 bridgehead atoms. The van der Waals surface area contributed by atoms with Gasteiger partial charge in [-0.3, -0.25) is 4.90 Å². The number of benzene rings is 6. The lowest BCUT2D eigenvalue weighted by Gasteiger charge is -2.44. The first kappa shape index (κ1) is 27.3. The Morgan fingerprint density at radius 1 is 0.333 bits per heavy atom. The van der Waals surface area contributed by atoms with E-state index in [9.17, 15) is 0 Å². The monoisotopic (exact) mass is 544 g/mol. The minimum atomic E-state index is -0.0224. The maximum Gasteiger partial charge on any atom is 0.0788 e. The Balaban J connectivity index is 1.59. The lowest BCUT2D eigenvalue weighted by atomic mass is 9.89. The molecule has 2 nitrogen and oxygen atoms in total. The fourth-order valence-electron chi connectivity index (χ4n) is 5.90. The van der Waals surface area contributed by atoms with Gasteiger partial charge in [-0.25, -0.2) is 0 Å². The number of para-hydroxylation sites is 2. The Hall–Kier alpha value is -4.92. The lowest BCUT2D eigenvalue weighted by molar-refractivity contribution is 0.153. The van der Waals surface area contributed by atoms with Gasteiger partial charge in [0.1, 0.15) is 0 Å². The predicted octanol–water partition coefficient (Wildman–Crippen LogP) is 10.0. The van der Waals surface area contributed by atoms with Crippen molar-refractivity contribution in [3.8, 4) is 0 Å². The van der Waals surface area contributed by atoms with Crippen molar-refractivity contribution in [2.75, 3.05) is 4.90 Å². The smallest absolute Gasteiger partial charge is 0.0788 e. The van der Waals surface area contributed by atoms with Crippen LogP contribution in [0, 0.1) is 0 Å². The molecule has 6 aromatic rings. The van der Waals surface area contributed by atoms with Crippen LogP contribution in [-0.2, 0) is 13.1 Å². The van der Waals surface area contributed by atoms with E-state index in [1.807, 2.05) is 0 Å². The quantitative estimate of drug-likeness (QED) is 0.160. The van der Waals surface area contributed by atoms with E-state index in [0.717, 1.165) is 24.5 Å². The Labute approximate surface area is 250 Å². The molecular weight excluding hydrogens is 508 g/mol. The molecule has 6 aromatic carbocycles. The van der Waals surface area contributed by atoms with Gasteiger partial charge in [-0.15, -0.1) is 0 Å². The van der Waals surface area contributed by atoms with E-state index in [1.54, 1.807) is 0 Å². The Morgan fingerprint density at radius 3 is 1.02 bits per heavy atom.